The third kappa shape index (κ3) is 3.23. The predicted molar refractivity (Wildman–Crippen MR) is 71.8 cm³/mol. The van der Waals surface area contributed by atoms with Gasteiger partial charge in [0.15, 0.2) is 0 Å². The minimum atomic E-state index is -4.45. The van der Waals surface area contributed by atoms with E-state index in [1.54, 1.807) is 6.07 Å². The fraction of sp³-hybridized carbons (Fsp3) is 0.200. The predicted octanol–water partition coefficient (Wildman–Crippen LogP) is 4.70. The van der Waals surface area contributed by atoms with Crippen molar-refractivity contribution in [2.45, 2.75) is 20.0 Å². The summed E-state index contributed by atoms with van der Waals surface area (Å²) in [6.07, 6.45) is -4.45. The Morgan fingerprint density at radius 1 is 1.00 bits per heavy atom. The molecule has 20 heavy (non-hydrogen) atoms. The van der Waals surface area contributed by atoms with Gasteiger partial charge in [-0.1, -0.05) is 12.1 Å². The standard InChI is InChI=1S/C15H14F3NO/c1-9-3-4-10(2)14(5-9)20-13-7-11(15(16,17)18)6-12(19)8-13/h3-8H,19H2,1-2H3. The van der Waals surface area contributed by atoms with Crippen LogP contribution in [0.1, 0.15) is 16.7 Å². The second-order valence-corrected chi connectivity index (χ2v) is 4.66. The van der Waals surface area contributed by atoms with Crippen LogP contribution in [0.25, 0.3) is 0 Å². The fourth-order valence-electron chi connectivity index (χ4n) is 1.79. The minimum Gasteiger partial charge on any atom is -0.457 e. The Kier molecular flexibility index (Phi) is 3.61. The SMILES string of the molecule is Cc1ccc(C)c(Oc2cc(N)cc(C(F)(F)F)c2)c1. The summed E-state index contributed by atoms with van der Waals surface area (Å²) in [5.41, 5.74) is 6.49. The van der Waals surface area contributed by atoms with E-state index in [9.17, 15) is 13.2 Å². The van der Waals surface area contributed by atoms with Crippen LogP contribution in [0.5, 0.6) is 11.5 Å². The van der Waals surface area contributed by atoms with Gasteiger partial charge in [0, 0.05) is 11.8 Å². The van der Waals surface area contributed by atoms with E-state index in [1.165, 1.54) is 6.07 Å². The van der Waals surface area contributed by atoms with Crippen LogP contribution in [0.15, 0.2) is 36.4 Å². The van der Waals surface area contributed by atoms with Crippen LogP contribution in [-0.2, 0) is 6.18 Å². The Morgan fingerprint density at radius 3 is 2.35 bits per heavy atom. The molecule has 0 aliphatic carbocycles. The molecule has 2 nitrogen and oxygen atoms in total. The van der Waals surface area contributed by atoms with E-state index in [-0.39, 0.29) is 11.4 Å². The summed E-state index contributed by atoms with van der Waals surface area (Å²) in [4.78, 5) is 0. The third-order valence-electron chi connectivity index (χ3n) is 2.83. The molecule has 0 bridgehead atoms. The average molecular weight is 281 g/mol. The molecule has 0 saturated heterocycles. The summed E-state index contributed by atoms with van der Waals surface area (Å²) in [5.74, 6) is 0.592. The van der Waals surface area contributed by atoms with Crippen molar-refractivity contribution >= 4 is 5.69 Å². The molecule has 2 N–H and O–H groups in total. The zero-order chi connectivity index (χ0) is 14.9. The zero-order valence-electron chi connectivity index (χ0n) is 11.1. The van der Waals surface area contributed by atoms with Crippen LogP contribution in [0.4, 0.5) is 18.9 Å². The molecule has 0 unspecified atom stereocenters. The van der Waals surface area contributed by atoms with Gasteiger partial charge in [0.05, 0.1) is 5.56 Å². The Labute approximate surface area is 115 Å². The molecular formula is C15H14F3NO. The van der Waals surface area contributed by atoms with Gasteiger partial charge in [-0.15, -0.1) is 0 Å². The molecule has 0 atom stereocenters. The van der Waals surface area contributed by atoms with E-state index < -0.39 is 11.7 Å². The van der Waals surface area contributed by atoms with Crippen LogP contribution < -0.4 is 10.5 Å². The molecule has 0 amide bonds. The van der Waals surface area contributed by atoms with Crippen molar-refractivity contribution in [2.24, 2.45) is 0 Å². The lowest BCUT2D eigenvalue weighted by atomic mass is 10.1. The summed E-state index contributed by atoms with van der Waals surface area (Å²) >= 11 is 0. The lowest BCUT2D eigenvalue weighted by Gasteiger charge is -2.13. The summed E-state index contributed by atoms with van der Waals surface area (Å²) < 4.78 is 43.7. The van der Waals surface area contributed by atoms with Crippen molar-refractivity contribution in [3.63, 3.8) is 0 Å². The number of hydrogen-bond acceptors (Lipinski definition) is 2. The van der Waals surface area contributed by atoms with E-state index in [2.05, 4.69) is 0 Å². The number of benzene rings is 2. The van der Waals surface area contributed by atoms with Gasteiger partial charge < -0.3 is 10.5 Å². The van der Waals surface area contributed by atoms with Gasteiger partial charge in [-0.25, -0.2) is 0 Å². The Hall–Kier alpha value is -2.17. The third-order valence-corrected chi connectivity index (χ3v) is 2.83. The van der Waals surface area contributed by atoms with E-state index in [4.69, 9.17) is 10.5 Å². The molecule has 0 fully saturated rings. The lowest BCUT2D eigenvalue weighted by molar-refractivity contribution is -0.137. The molecule has 0 spiro atoms. The first-order chi connectivity index (χ1) is 9.25. The number of anilines is 1. The Morgan fingerprint density at radius 2 is 1.70 bits per heavy atom. The van der Waals surface area contributed by atoms with Crippen LogP contribution in [0.2, 0.25) is 0 Å². The van der Waals surface area contributed by atoms with E-state index in [0.717, 1.165) is 23.3 Å². The van der Waals surface area contributed by atoms with Gasteiger partial charge in [-0.3, -0.25) is 0 Å². The molecule has 0 aromatic heterocycles. The van der Waals surface area contributed by atoms with Crippen LogP contribution in [0.3, 0.4) is 0 Å². The number of aryl methyl sites for hydroxylation is 2. The van der Waals surface area contributed by atoms with Gasteiger partial charge in [-0.05, 0) is 43.2 Å². The normalized spacial score (nSPS) is 11.4. The maximum atomic E-state index is 12.7. The summed E-state index contributed by atoms with van der Waals surface area (Å²) in [6, 6.07) is 8.72. The van der Waals surface area contributed by atoms with Crippen molar-refractivity contribution < 1.29 is 17.9 Å². The Bertz CT molecular complexity index is 636. The Balaban J connectivity index is 2.39. The number of halogens is 3. The molecule has 0 heterocycles. The highest BCUT2D eigenvalue weighted by atomic mass is 19.4. The van der Waals surface area contributed by atoms with Crippen LogP contribution in [-0.4, -0.2) is 0 Å². The van der Waals surface area contributed by atoms with Crippen molar-refractivity contribution in [1.82, 2.24) is 0 Å². The molecule has 2 aromatic carbocycles. The second kappa shape index (κ2) is 5.07. The first kappa shape index (κ1) is 14.2. The molecule has 0 saturated carbocycles. The monoisotopic (exact) mass is 281 g/mol. The first-order valence-corrected chi connectivity index (χ1v) is 5.98. The molecule has 106 valence electrons. The molecule has 2 rings (SSSR count). The average Bonchev–Trinajstić information content (AvgIpc) is 2.32. The maximum Gasteiger partial charge on any atom is 0.416 e. The maximum absolute atomic E-state index is 12.7. The fourth-order valence-corrected chi connectivity index (χ4v) is 1.79. The number of alkyl halides is 3. The number of ether oxygens (including phenoxy) is 1. The molecular weight excluding hydrogens is 267 g/mol. The smallest absolute Gasteiger partial charge is 0.416 e. The largest absolute Gasteiger partial charge is 0.457 e. The van der Waals surface area contributed by atoms with Gasteiger partial charge >= 0.3 is 6.18 Å². The highest BCUT2D eigenvalue weighted by molar-refractivity contribution is 5.50. The van der Waals surface area contributed by atoms with Crippen molar-refractivity contribution in [2.75, 3.05) is 5.73 Å². The lowest BCUT2D eigenvalue weighted by Crippen LogP contribution is -2.06. The summed E-state index contributed by atoms with van der Waals surface area (Å²) in [6.45, 7) is 3.71. The number of nitrogens with two attached hydrogens (primary N) is 1. The number of hydrogen-bond donors (Lipinski definition) is 1. The quantitative estimate of drug-likeness (QED) is 0.810. The number of nitrogen functional groups attached to an aromatic ring is 1. The van der Waals surface area contributed by atoms with Crippen molar-refractivity contribution in [3.8, 4) is 11.5 Å². The summed E-state index contributed by atoms with van der Waals surface area (Å²) in [5, 5.41) is 0. The zero-order valence-corrected chi connectivity index (χ0v) is 11.1. The van der Waals surface area contributed by atoms with Gasteiger partial charge in [-0.2, -0.15) is 13.2 Å². The van der Waals surface area contributed by atoms with Crippen LogP contribution >= 0.6 is 0 Å². The van der Waals surface area contributed by atoms with Gasteiger partial charge in [0.1, 0.15) is 11.5 Å². The van der Waals surface area contributed by atoms with E-state index in [1.807, 2.05) is 26.0 Å². The first-order valence-electron chi connectivity index (χ1n) is 5.98. The van der Waals surface area contributed by atoms with Gasteiger partial charge in [0.2, 0.25) is 0 Å². The van der Waals surface area contributed by atoms with Gasteiger partial charge in [0.25, 0.3) is 0 Å². The highest BCUT2D eigenvalue weighted by Gasteiger charge is 2.31. The number of rotatable bonds is 2. The van der Waals surface area contributed by atoms with Crippen molar-refractivity contribution in [1.29, 1.82) is 0 Å². The topological polar surface area (TPSA) is 35.2 Å². The molecule has 2 aromatic rings. The van der Waals surface area contributed by atoms with E-state index in [0.29, 0.717) is 5.75 Å². The molecule has 0 aliphatic rings. The molecule has 0 aliphatic heterocycles. The van der Waals surface area contributed by atoms with E-state index >= 15 is 0 Å². The summed E-state index contributed by atoms with van der Waals surface area (Å²) in [7, 11) is 0. The molecule has 5 heteroatoms. The second-order valence-electron chi connectivity index (χ2n) is 4.66. The molecule has 0 radical (unpaired) electrons. The van der Waals surface area contributed by atoms with Crippen molar-refractivity contribution in [3.05, 3.63) is 53.1 Å². The minimum absolute atomic E-state index is 0.0140. The highest BCUT2D eigenvalue weighted by Crippen LogP contribution is 2.35. The van der Waals surface area contributed by atoms with Crippen LogP contribution in [0, 0.1) is 13.8 Å².